The number of imidazole rings is 1. The van der Waals surface area contributed by atoms with Crippen molar-refractivity contribution >= 4 is 22.9 Å². The van der Waals surface area contributed by atoms with Gasteiger partial charge in [-0.25, -0.2) is 9.97 Å². The summed E-state index contributed by atoms with van der Waals surface area (Å²) in [6.45, 7) is 0. The van der Waals surface area contributed by atoms with Crippen LogP contribution in [0.15, 0.2) is 12.4 Å². The van der Waals surface area contributed by atoms with Gasteiger partial charge in [0.15, 0.2) is 5.01 Å². The highest BCUT2D eigenvalue weighted by Gasteiger charge is 2.35. The van der Waals surface area contributed by atoms with E-state index >= 15 is 0 Å². The second-order valence-corrected chi connectivity index (χ2v) is 4.92. The van der Waals surface area contributed by atoms with Gasteiger partial charge in [0.1, 0.15) is 17.1 Å². The van der Waals surface area contributed by atoms with Gasteiger partial charge >= 0.3 is 6.18 Å². The Morgan fingerprint density at radius 1 is 1.39 bits per heavy atom. The van der Waals surface area contributed by atoms with Crippen molar-refractivity contribution in [2.75, 3.05) is 0 Å². The van der Waals surface area contributed by atoms with Gasteiger partial charge in [-0.05, 0) is 0 Å². The number of nitrogens with zero attached hydrogens (tertiary/aromatic N) is 3. The second kappa shape index (κ2) is 4.52. The molecule has 1 unspecified atom stereocenters. The summed E-state index contributed by atoms with van der Waals surface area (Å²) < 4.78 is 38.5. The molecule has 0 aliphatic heterocycles. The normalized spacial score (nSPS) is 13.9. The Hall–Kier alpha value is -1.12. The quantitative estimate of drug-likeness (QED) is 0.927. The Bertz CT molecular complexity index is 566. The van der Waals surface area contributed by atoms with Gasteiger partial charge in [-0.2, -0.15) is 13.2 Å². The molecule has 0 aliphatic carbocycles. The largest absolute Gasteiger partial charge is 0.443 e. The number of rotatable bonds is 2. The number of halogens is 4. The summed E-state index contributed by atoms with van der Waals surface area (Å²) in [5.41, 5.74) is 0. The number of thiazole rings is 1. The maximum atomic E-state index is 12.4. The van der Waals surface area contributed by atoms with E-state index in [2.05, 4.69) is 9.97 Å². The monoisotopic (exact) mass is 297 g/mol. The SMILES string of the molecule is Cn1c(Cl)cnc1C(O)c1cnc(C(F)(F)F)s1. The molecule has 1 atom stereocenters. The topological polar surface area (TPSA) is 50.9 Å². The molecule has 2 heterocycles. The zero-order valence-electron chi connectivity index (χ0n) is 8.94. The van der Waals surface area contributed by atoms with Crippen LogP contribution in [-0.4, -0.2) is 19.6 Å². The smallest absolute Gasteiger partial charge is 0.379 e. The van der Waals surface area contributed by atoms with E-state index in [0.717, 1.165) is 6.20 Å². The van der Waals surface area contributed by atoms with Gasteiger partial charge in [-0.1, -0.05) is 11.6 Å². The van der Waals surface area contributed by atoms with Crippen LogP contribution >= 0.6 is 22.9 Å². The van der Waals surface area contributed by atoms with Gasteiger partial charge in [0, 0.05) is 13.2 Å². The highest BCUT2D eigenvalue weighted by molar-refractivity contribution is 7.11. The summed E-state index contributed by atoms with van der Waals surface area (Å²) in [6, 6.07) is 0. The third kappa shape index (κ3) is 2.36. The van der Waals surface area contributed by atoms with Crippen molar-refractivity contribution in [3.8, 4) is 0 Å². The molecule has 0 bridgehead atoms. The maximum absolute atomic E-state index is 12.4. The minimum absolute atomic E-state index is 0.0627. The molecular formula is C9H7ClF3N3OS. The first-order chi connectivity index (χ1) is 8.30. The lowest BCUT2D eigenvalue weighted by atomic mass is 10.3. The summed E-state index contributed by atoms with van der Waals surface area (Å²) in [6.07, 6.45) is -3.50. The fourth-order valence-corrected chi connectivity index (χ4v) is 2.23. The van der Waals surface area contributed by atoms with Crippen LogP contribution in [0.3, 0.4) is 0 Å². The number of aliphatic hydroxyl groups excluding tert-OH is 1. The standard InChI is InChI=1S/C9H7ClF3N3OS/c1-16-5(10)3-14-7(16)6(17)4-2-15-8(18-4)9(11,12)13/h2-3,6,17H,1H3. The molecule has 2 rings (SSSR count). The van der Waals surface area contributed by atoms with Crippen LogP contribution in [0.5, 0.6) is 0 Å². The third-order valence-corrected chi connectivity index (χ3v) is 3.69. The number of hydrogen-bond donors (Lipinski definition) is 1. The molecule has 0 spiro atoms. The number of alkyl halides is 3. The highest BCUT2D eigenvalue weighted by Crippen LogP contribution is 2.35. The number of hydrogen-bond acceptors (Lipinski definition) is 4. The Morgan fingerprint density at radius 3 is 2.50 bits per heavy atom. The van der Waals surface area contributed by atoms with Gasteiger partial charge in [-0.3, -0.25) is 0 Å². The molecule has 0 radical (unpaired) electrons. The van der Waals surface area contributed by atoms with E-state index in [-0.39, 0.29) is 15.9 Å². The predicted octanol–water partition coefficient (Wildman–Crippen LogP) is 2.63. The minimum Gasteiger partial charge on any atom is -0.379 e. The van der Waals surface area contributed by atoms with Crippen molar-refractivity contribution in [3.63, 3.8) is 0 Å². The highest BCUT2D eigenvalue weighted by atomic mass is 35.5. The lowest BCUT2D eigenvalue weighted by Gasteiger charge is -2.08. The van der Waals surface area contributed by atoms with E-state index in [1.54, 1.807) is 7.05 Å². The van der Waals surface area contributed by atoms with E-state index in [0.29, 0.717) is 11.3 Å². The molecule has 4 nitrogen and oxygen atoms in total. The fraction of sp³-hybridized carbons (Fsp3) is 0.333. The van der Waals surface area contributed by atoms with Crippen LogP contribution < -0.4 is 0 Å². The number of aromatic nitrogens is 3. The molecule has 1 N–H and O–H groups in total. The van der Waals surface area contributed by atoms with Crippen LogP contribution in [0.25, 0.3) is 0 Å². The molecule has 0 aromatic carbocycles. The second-order valence-electron chi connectivity index (χ2n) is 3.47. The minimum atomic E-state index is -4.51. The average Bonchev–Trinajstić information content (AvgIpc) is 2.86. The Morgan fingerprint density at radius 2 is 2.06 bits per heavy atom. The summed E-state index contributed by atoms with van der Waals surface area (Å²) >= 11 is 6.11. The zero-order chi connectivity index (χ0) is 13.5. The van der Waals surface area contributed by atoms with Gasteiger partial charge in [0.25, 0.3) is 0 Å². The molecule has 98 valence electrons. The molecule has 0 saturated carbocycles. The van der Waals surface area contributed by atoms with E-state index < -0.39 is 17.3 Å². The average molecular weight is 298 g/mol. The molecule has 0 amide bonds. The van der Waals surface area contributed by atoms with Crippen LogP contribution in [0.1, 0.15) is 21.8 Å². The van der Waals surface area contributed by atoms with Crippen molar-refractivity contribution in [2.24, 2.45) is 7.05 Å². The van der Waals surface area contributed by atoms with Crippen molar-refractivity contribution in [1.29, 1.82) is 0 Å². The van der Waals surface area contributed by atoms with Gasteiger partial charge < -0.3 is 9.67 Å². The molecule has 2 aromatic heterocycles. The van der Waals surface area contributed by atoms with Gasteiger partial charge in [0.05, 0.1) is 11.1 Å². The lowest BCUT2D eigenvalue weighted by Crippen LogP contribution is -2.06. The first-order valence-corrected chi connectivity index (χ1v) is 5.88. The zero-order valence-corrected chi connectivity index (χ0v) is 10.5. The Balaban J connectivity index is 2.32. The lowest BCUT2D eigenvalue weighted by molar-refractivity contribution is -0.137. The maximum Gasteiger partial charge on any atom is 0.443 e. The van der Waals surface area contributed by atoms with Crippen LogP contribution in [0.2, 0.25) is 5.15 Å². The van der Waals surface area contributed by atoms with E-state index in [1.165, 1.54) is 10.8 Å². The Kier molecular flexibility index (Phi) is 3.35. The molecule has 18 heavy (non-hydrogen) atoms. The van der Waals surface area contributed by atoms with Gasteiger partial charge in [0.2, 0.25) is 0 Å². The van der Waals surface area contributed by atoms with Gasteiger partial charge in [-0.15, -0.1) is 11.3 Å². The molecule has 9 heteroatoms. The first-order valence-electron chi connectivity index (χ1n) is 4.69. The van der Waals surface area contributed by atoms with Crippen LogP contribution in [-0.2, 0) is 13.2 Å². The van der Waals surface area contributed by atoms with Crippen LogP contribution in [0.4, 0.5) is 13.2 Å². The molecular weight excluding hydrogens is 291 g/mol. The van der Waals surface area contributed by atoms with E-state index in [9.17, 15) is 18.3 Å². The van der Waals surface area contributed by atoms with Crippen molar-refractivity contribution in [3.05, 3.63) is 33.3 Å². The summed E-state index contributed by atoms with van der Waals surface area (Å²) in [5, 5.41) is 9.21. The van der Waals surface area contributed by atoms with Crippen molar-refractivity contribution in [2.45, 2.75) is 12.3 Å². The summed E-state index contributed by atoms with van der Waals surface area (Å²) in [4.78, 5) is 7.14. The fourth-order valence-electron chi connectivity index (χ4n) is 1.33. The van der Waals surface area contributed by atoms with Crippen molar-refractivity contribution in [1.82, 2.24) is 14.5 Å². The molecule has 2 aromatic rings. The van der Waals surface area contributed by atoms with E-state index in [1.807, 2.05) is 0 Å². The molecule has 0 aliphatic rings. The molecule has 0 fully saturated rings. The Labute approximate surface area is 109 Å². The molecule has 0 saturated heterocycles. The third-order valence-electron chi connectivity index (χ3n) is 2.25. The number of aliphatic hydroxyl groups is 1. The summed E-state index contributed by atoms with van der Waals surface area (Å²) in [7, 11) is 1.56. The van der Waals surface area contributed by atoms with Crippen LogP contribution in [0, 0.1) is 0 Å². The first kappa shape index (κ1) is 13.3. The van der Waals surface area contributed by atoms with Crippen molar-refractivity contribution < 1.29 is 18.3 Å². The predicted molar refractivity (Wildman–Crippen MR) is 59.4 cm³/mol. The summed E-state index contributed by atoms with van der Waals surface area (Å²) in [5.74, 6) is 0.164. The van der Waals surface area contributed by atoms with E-state index in [4.69, 9.17) is 11.6 Å².